The quantitative estimate of drug-likeness (QED) is 0.202. The number of alkyl halides is 3. The van der Waals surface area contributed by atoms with Crippen molar-refractivity contribution in [1.82, 2.24) is 10.3 Å². The molecule has 5 rings (SSSR count). The van der Waals surface area contributed by atoms with Crippen LogP contribution in [-0.4, -0.2) is 36.6 Å². The van der Waals surface area contributed by atoms with Gasteiger partial charge in [0.1, 0.15) is 4.21 Å². The Labute approximate surface area is 243 Å². The first-order chi connectivity index (χ1) is 19.4. The number of thioether (sulfide) groups is 1. The summed E-state index contributed by atoms with van der Waals surface area (Å²) in [5.74, 6) is -3.22. The maximum atomic E-state index is 13.1. The Hall–Kier alpha value is -3.92. The third-order valence-electron chi connectivity index (χ3n) is 5.30. The van der Waals surface area contributed by atoms with Crippen molar-refractivity contribution in [2.75, 3.05) is 4.47 Å². The second-order valence-corrected chi connectivity index (χ2v) is 12.5. The maximum Gasteiger partial charge on any atom is 0.493 e. The number of halogens is 4. The van der Waals surface area contributed by atoms with Crippen LogP contribution in [0.3, 0.4) is 0 Å². The number of amidine groups is 1. The van der Waals surface area contributed by atoms with Crippen LogP contribution in [0.5, 0.6) is 0 Å². The minimum atomic E-state index is -5.48. The Morgan fingerprint density at radius 2 is 1.93 bits per heavy atom. The van der Waals surface area contributed by atoms with Gasteiger partial charge >= 0.3 is 22.2 Å². The van der Waals surface area contributed by atoms with Crippen LogP contribution >= 0.6 is 34.7 Å². The van der Waals surface area contributed by atoms with E-state index in [1.165, 1.54) is 11.4 Å². The summed E-state index contributed by atoms with van der Waals surface area (Å²) in [6.45, 7) is 0. The molecule has 1 fully saturated rings. The Bertz CT molecular complexity index is 1840. The first kappa shape index (κ1) is 28.6. The molecule has 1 aliphatic rings. The van der Waals surface area contributed by atoms with Crippen LogP contribution in [0.15, 0.2) is 86.3 Å². The van der Waals surface area contributed by atoms with Crippen LogP contribution in [0, 0.1) is 0 Å². The minimum Gasteiger partial charge on any atom is -0.317 e. The number of carbonyl (C=O) groups is 2. The number of nitrogens with zero attached hydrogens (tertiary/aromatic N) is 3. The fourth-order valence-electron chi connectivity index (χ4n) is 3.49. The van der Waals surface area contributed by atoms with E-state index in [1.807, 2.05) is 12.1 Å². The molecule has 41 heavy (non-hydrogen) atoms. The van der Waals surface area contributed by atoms with Crippen molar-refractivity contribution in [3.8, 4) is 0 Å². The molecule has 16 heteroatoms. The molecular formula is C25H14ClF3N4O5S3. The summed E-state index contributed by atoms with van der Waals surface area (Å²) in [5.41, 5.74) is 0.908. The number of thiophene rings is 1. The van der Waals surface area contributed by atoms with Gasteiger partial charge in [-0.15, -0.1) is 11.3 Å². The second-order valence-electron chi connectivity index (χ2n) is 8.11. The molecule has 3 heterocycles. The molecule has 210 valence electrons. The third kappa shape index (κ3) is 6.22. The molecule has 0 bridgehead atoms. The first-order valence-electron chi connectivity index (χ1n) is 11.2. The highest BCUT2D eigenvalue weighted by Gasteiger charge is 2.45. The van der Waals surface area contributed by atoms with Crippen molar-refractivity contribution in [2.24, 2.45) is 4.99 Å². The van der Waals surface area contributed by atoms with Gasteiger partial charge in [-0.25, -0.2) is 9.79 Å². The normalized spacial score (nSPS) is 15.9. The van der Waals surface area contributed by atoms with Gasteiger partial charge in [-0.3, -0.25) is 9.78 Å². The number of hydrogen-bond acceptors (Lipinski definition) is 9. The van der Waals surface area contributed by atoms with Gasteiger partial charge in [0.15, 0.2) is 5.17 Å². The lowest BCUT2D eigenvalue weighted by Crippen LogP contribution is -2.38. The van der Waals surface area contributed by atoms with E-state index in [-0.39, 0.29) is 24.6 Å². The summed E-state index contributed by atoms with van der Waals surface area (Å²) in [5, 5.41) is 4.87. The number of hydrogen-bond donors (Lipinski definition) is 1. The highest BCUT2D eigenvalue weighted by atomic mass is 35.5. The highest BCUT2D eigenvalue weighted by molar-refractivity contribution is 8.18. The Kier molecular flexibility index (Phi) is 7.78. The molecule has 1 saturated heterocycles. The molecule has 0 unspecified atom stereocenters. The SMILES string of the molecule is O=C1NC(=Nc2cc(N(OC(=O)C(F)(F)F)S(=O)(=O)c3cccs3)ccc2Cl)SC1=Cc1ccc2ncccc2c1. The molecule has 0 radical (unpaired) electrons. The monoisotopic (exact) mass is 638 g/mol. The summed E-state index contributed by atoms with van der Waals surface area (Å²) < 4.78 is 64.6. The molecule has 0 atom stereocenters. The van der Waals surface area contributed by atoms with Crippen LogP contribution in [0.1, 0.15) is 5.56 Å². The lowest BCUT2D eigenvalue weighted by molar-refractivity contribution is -0.199. The molecule has 2 aromatic heterocycles. The number of nitrogens with one attached hydrogen (secondary N) is 1. The van der Waals surface area contributed by atoms with E-state index in [4.69, 9.17) is 11.6 Å². The predicted molar refractivity (Wildman–Crippen MR) is 150 cm³/mol. The van der Waals surface area contributed by atoms with Gasteiger partial charge in [0.25, 0.3) is 5.91 Å². The molecule has 4 aromatic rings. The summed E-state index contributed by atoms with van der Waals surface area (Å²) in [6, 6.07) is 14.8. The first-order valence-corrected chi connectivity index (χ1v) is 14.7. The van der Waals surface area contributed by atoms with E-state index in [2.05, 4.69) is 20.1 Å². The number of anilines is 1. The predicted octanol–water partition coefficient (Wildman–Crippen LogP) is 6.06. The number of sulfonamides is 1. The fourth-order valence-corrected chi connectivity index (χ4v) is 6.76. The number of amides is 1. The zero-order chi connectivity index (χ0) is 29.4. The zero-order valence-corrected chi connectivity index (χ0v) is 23.3. The molecule has 0 spiro atoms. The lowest BCUT2D eigenvalue weighted by atomic mass is 10.1. The van der Waals surface area contributed by atoms with Crippen molar-refractivity contribution in [2.45, 2.75) is 10.4 Å². The van der Waals surface area contributed by atoms with E-state index < -0.39 is 33.8 Å². The van der Waals surface area contributed by atoms with Gasteiger partial charge in [0, 0.05) is 11.6 Å². The van der Waals surface area contributed by atoms with Crippen LogP contribution in [0.25, 0.3) is 17.0 Å². The van der Waals surface area contributed by atoms with Crippen molar-refractivity contribution in [1.29, 1.82) is 0 Å². The molecule has 9 nitrogen and oxygen atoms in total. The molecular weight excluding hydrogens is 625 g/mol. The molecule has 2 aromatic carbocycles. The Morgan fingerprint density at radius 3 is 2.66 bits per heavy atom. The van der Waals surface area contributed by atoms with Gasteiger partial charge in [-0.2, -0.15) is 21.6 Å². The average Bonchev–Trinajstić information content (AvgIpc) is 3.59. The number of aliphatic imine (C=N–C) groups is 1. The molecule has 1 aliphatic heterocycles. The van der Waals surface area contributed by atoms with Crippen LogP contribution in [0.2, 0.25) is 5.02 Å². The summed E-state index contributed by atoms with van der Waals surface area (Å²) >= 11 is 7.90. The number of rotatable bonds is 6. The molecule has 0 aliphatic carbocycles. The van der Waals surface area contributed by atoms with Crippen molar-refractivity contribution in [3.63, 3.8) is 0 Å². The number of benzene rings is 2. The number of carbonyl (C=O) groups excluding carboxylic acids is 2. The molecule has 1 N–H and O–H groups in total. The summed E-state index contributed by atoms with van der Waals surface area (Å²) in [6.07, 6.45) is -2.17. The van der Waals surface area contributed by atoms with Gasteiger partial charge in [0.05, 0.1) is 26.8 Å². The fraction of sp³-hybridized carbons (Fsp3) is 0.0400. The molecule has 0 saturated carbocycles. The summed E-state index contributed by atoms with van der Waals surface area (Å²) in [7, 11) is -4.76. The number of fused-ring (bicyclic) bond motifs is 1. The summed E-state index contributed by atoms with van der Waals surface area (Å²) in [4.78, 5) is 37.3. The van der Waals surface area contributed by atoms with Gasteiger partial charge in [0.2, 0.25) is 0 Å². The highest BCUT2D eigenvalue weighted by Crippen LogP contribution is 2.36. The zero-order valence-electron chi connectivity index (χ0n) is 20.1. The lowest BCUT2D eigenvalue weighted by Gasteiger charge is -2.22. The average molecular weight is 639 g/mol. The second kappa shape index (κ2) is 11.2. The van der Waals surface area contributed by atoms with Gasteiger partial charge in [-0.1, -0.05) is 34.3 Å². The maximum absolute atomic E-state index is 13.1. The Morgan fingerprint density at radius 1 is 1.12 bits per heavy atom. The van der Waals surface area contributed by atoms with Gasteiger partial charge < -0.3 is 10.2 Å². The van der Waals surface area contributed by atoms with Crippen LogP contribution in [0.4, 0.5) is 24.5 Å². The largest absolute Gasteiger partial charge is 0.493 e. The minimum absolute atomic E-state index is 0.0221. The van der Waals surface area contributed by atoms with E-state index in [9.17, 15) is 31.2 Å². The van der Waals surface area contributed by atoms with Crippen LogP contribution < -0.4 is 9.79 Å². The topological polar surface area (TPSA) is 118 Å². The van der Waals surface area contributed by atoms with Crippen molar-refractivity contribution >= 4 is 90.1 Å². The standard InChI is InChI=1S/C25H14ClF3N4O5S3/c26-17-7-6-16(33(38-23(35)25(27,28)29)41(36,37)21-4-2-10-39-21)13-19(17)31-24-32-22(34)20(40-24)12-14-5-8-18-15(11-14)3-1-9-30-18/h1-13H,(H,31,32,34). The molecule has 1 amide bonds. The third-order valence-corrected chi connectivity index (χ3v) is 9.48. The van der Waals surface area contributed by atoms with Crippen molar-refractivity contribution in [3.05, 3.63) is 87.7 Å². The van der Waals surface area contributed by atoms with Crippen LogP contribution in [-0.2, 0) is 24.4 Å². The van der Waals surface area contributed by atoms with Gasteiger partial charge in [-0.05, 0) is 71.2 Å². The number of aromatic nitrogens is 1. The van der Waals surface area contributed by atoms with E-state index in [0.717, 1.165) is 52.5 Å². The van der Waals surface area contributed by atoms with E-state index >= 15 is 0 Å². The smallest absolute Gasteiger partial charge is 0.317 e. The van der Waals surface area contributed by atoms with E-state index in [1.54, 1.807) is 30.5 Å². The van der Waals surface area contributed by atoms with E-state index in [0.29, 0.717) is 16.2 Å². The Balaban J connectivity index is 1.47. The van der Waals surface area contributed by atoms with Crippen molar-refractivity contribution < 1.29 is 36.0 Å². The number of pyridine rings is 1.